The van der Waals surface area contributed by atoms with Gasteiger partial charge in [0.15, 0.2) is 12.2 Å². The summed E-state index contributed by atoms with van der Waals surface area (Å²) < 4.78 is 11.1. The molecule has 0 bridgehead atoms. The first-order valence-electron chi connectivity index (χ1n) is 6.02. The van der Waals surface area contributed by atoms with Gasteiger partial charge in [-0.05, 0) is 36.4 Å². The number of hydrogen-bond donors (Lipinski definition) is 1. The van der Waals surface area contributed by atoms with Crippen molar-refractivity contribution >= 4 is 16.8 Å². The molecule has 0 unspecified atom stereocenters. The highest BCUT2D eigenvalue weighted by Crippen LogP contribution is 2.20. The highest BCUT2D eigenvalue weighted by atomic mass is 16.5. The minimum absolute atomic E-state index is 0.223. The van der Waals surface area contributed by atoms with E-state index in [2.05, 4.69) is 11.1 Å². The summed E-state index contributed by atoms with van der Waals surface area (Å²) in [7, 11) is 0. The molecule has 0 saturated carbocycles. The summed E-state index contributed by atoms with van der Waals surface area (Å²) in [5.41, 5.74) is 8.29. The summed E-state index contributed by atoms with van der Waals surface area (Å²) in [6.45, 7) is 0.223. The average Bonchev–Trinajstić information content (AvgIpc) is 2.87. The van der Waals surface area contributed by atoms with E-state index in [0.29, 0.717) is 28.5 Å². The molecule has 0 spiro atoms. The second-order valence-corrected chi connectivity index (χ2v) is 4.26. The van der Waals surface area contributed by atoms with Gasteiger partial charge in [0, 0.05) is 11.8 Å². The van der Waals surface area contributed by atoms with Crippen molar-refractivity contribution in [1.82, 2.24) is 4.98 Å². The maximum atomic E-state index is 8.71. The smallest absolute Gasteiger partial charge is 0.233 e. The number of rotatable bonds is 3. The molecule has 0 aliphatic heterocycles. The Labute approximate surface area is 115 Å². The Morgan fingerprint density at radius 2 is 2.00 bits per heavy atom. The molecule has 0 fully saturated rings. The lowest BCUT2D eigenvalue weighted by molar-refractivity contribution is 0.267. The number of anilines is 1. The minimum atomic E-state index is 0.223. The molecule has 0 aliphatic rings. The number of benzene rings is 2. The van der Waals surface area contributed by atoms with Gasteiger partial charge in [0.1, 0.15) is 11.3 Å². The van der Waals surface area contributed by atoms with Gasteiger partial charge in [-0.1, -0.05) is 0 Å². The third-order valence-corrected chi connectivity index (χ3v) is 2.80. The maximum absolute atomic E-state index is 8.71. The van der Waals surface area contributed by atoms with Crippen molar-refractivity contribution in [3.63, 3.8) is 0 Å². The summed E-state index contributed by atoms with van der Waals surface area (Å²) in [6, 6.07) is 14.2. The first-order valence-corrected chi connectivity index (χ1v) is 6.02. The molecule has 3 rings (SSSR count). The van der Waals surface area contributed by atoms with Crippen molar-refractivity contribution in [1.29, 1.82) is 5.26 Å². The Balaban J connectivity index is 1.74. The van der Waals surface area contributed by atoms with Crippen molar-refractivity contribution < 1.29 is 9.15 Å². The van der Waals surface area contributed by atoms with Gasteiger partial charge < -0.3 is 14.9 Å². The first-order chi connectivity index (χ1) is 9.74. The van der Waals surface area contributed by atoms with Crippen LogP contribution in [0.5, 0.6) is 5.75 Å². The van der Waals surface area contributed by atoms with Gasteiger partial charge in [-0.2, -0.15) is 5.26 Å². The van der Waals surface area contributed by atoms with Gasteiger partial charge in [0.25, 0.3) is 0 Å². The van der Waals surface area contributed by atoms with E-state index in [9.17, 15) is 0 Å². The van der Waals surface area contributed by atoms with Gasteiger partial charge in [-0.15, -0.1) is 0 Å². The highest BCUT2D eigenvalue weighted by Gasteiger charge is 2.06. The number of oxazole rings is 1. The van der Waals surface area contributed by atoms with Crippen LogP contribution in [0.2, 0.25) is 0 Å². The molecule has 5 nitrogen and oxygen atoms in total. The van der Waals surface area contributed by atoms with Crippen LogP contribution in [0, 0.1) is 11.3 Å². The Hall–Kier alpha value is -3.00. The van der Waals surface area contributed by atoms with Crippen LogP contribution in [0.1, 0.15) is 11.5 Å². The van der Waals surface area contributed by atoms with Crippen LogP contribution >= 0.6 is 0 Å². The van der Waals surface area contributed by atoms with E-state index >= 15 is 0 Å². The Morgan fingerprint density at radius 3 is 2.75 bits per heavy atom. The number of nitrogens with two attached hydrogens (primary N) is 1. The van der Waals surface area contributed by atoms with E-state index in [-0.39, 0.29) is 6.61 Å². The minimum Gasteiger partial charge on any atom is -0.484 e. The van der Waals surface area contributed by atoms with Crippen LogP contribution in [-0.2, 0) is 6.61 Å². The fourth-order valence-electron chi connectivity index (χ4n) is 1.82. The lowest BCUT2D eigenvalue weighted by Gasteiger charge is -2.02. The van der Waals surface area contributed by atoms with Crippen LogP contribution in [-0.4, -0.2) is 4.98 Å². The van der Waals surface area contributed by atoms with Crippen molar-refractivity contribution in [3.8, 4) is 11.8 Å². The van der Waals surface area contributed by atoms with E-state index in [0.717, 1.165) is 5.52 Å². The number of fused-ring (bicyclic) bond motifs is 1. The van der Waals surface area contributed by atoms with E-state index in [1.807, 2.05) is 0 Å². The van der Waals surface area contributed by atoms with E-state index < -0.39 is 0 Å². The lowest BCUT2D eigenvalue weighted by atomic mass is 10.2. The van der Waals surface area contributed by atoms with Gasteiger partial charge in [-0.25, -0.2) is 4.98 Å². The fourth-order valence-corrected chi connectivity index (χ4v) is 1.82. The monoisotopic (exact) mass is 265 g/mol. The standard InChI is InChI=1S/C15H11N3O2/c16-8-10-1-4-12(5-2-10)19-9-15-18-13-6-3-11(17)7-14(13)20-15/h1-7H,9,17H2. The second kappa shape index (κ2) is 4.94. The number of nitrogen functional groups attached to an aromatic ring is 1. The molecule has 0 atom stereocenters. The van der Waals surface area contributed by atoms with E-state index in [1.54, 1.807) is 42.5 Å². The van der Waals surface area contributed by atoms with Crippen LogP contribution in [0.15, 0.2) is 46.9 Å². The van der Waals surface area contributed by atoms with Gasteiger partial charge >= 0.3 is 0 Å². The summed E-state index contributed by atoms with van der Waals surface area (Å²) in [6.07, 6.45) is 0. The number of ether oxygens (including phenoxy) is 1. The number of aromatic nitrogens is 1. The van der Waals surface area contributed by atoms with Crippen molar-refractivity contribution in [2.45, 2.75) is 6.61 Å². The second-order valence-electron chi connectivity index (χ2n) is 4.26. The molecular weight excluding hydrogens is 254 g/mol. The van der Waals surface area contributed by atoms with Crippen molar-refractivity contribution in [3.05, 3.63) is 53.9 Å². The van der Waals surface area contributed by atoms with Crippen molar-refractivity contribution in [2.75, 3.05) is 5.73 Å². The van der Waals surface area contributed by atoms with E-state index in [1.165, 1.54) is 0 Å². The molecule has 1 heterocycles. The molecule has 2 aromatic carbocycles. The molecule has 20 heavy (non-hydrogen) atoms. The van der Waals surface area contributed by atoms with Crippen LogP contribution < -0.4 is 10.5 Å². The largest absolute Gasteiger partial charge is 0.484 e. The summed E-state index contributed by atoms with van der Waals surface area (Å²) in [4.78, 5) is 4.30. The van der Waals surface area contributed by atoms with Gasteiger partial charge in [-0.3, -0.25) is 0 Å². The zero-order valence-corrected chi connectivity index (χ0v) is 10.5. The Kier molecular flexibility index (Phi) is 2.98. The predicted octanol–water partition coefficient (Wildman–Crippen LogP) is 2.86. The van der Waals surface area contributed by atoms with Crippen LogP contribution in [0.25, 0.3) is 11.1 Å². The summed E-state index contributed by atoms with van der Waals surface area (Å²) >= 11 is 0. The maximum Gasteiger partial charge on any atom is 0.233 e. The Bertz CT molecular complexity index is 785. The first kappa shape index (κ1) is 12.1. The average molecular weight is 265 g/mol. The zero-order valence-electron chi connectivity index (χ0n) is 10.5. The molecule has 0 radical (unpaired) electrons. The third kappa shape index (κ3) is 2.40. The molecule has 0 amide bonds. The third-order valence-electron chi connectivity index (χ3n) is 2.80. The molecule has 1 aromatic heterocycles. The van der Waals surface area contributed by atoms with Crippen molar-refractivity contribution in [2.24, 2.45) is 0 Å². The molecule has 0 saturated heterocycles. The summed E-state index contributed by atoms with van der Waals surface area (Å²) in [5.74, 6) is 1.14. The number of hydrogen-bond acceptors (Lipinski definition) is 5. The number of nitrogens with zero attached hydrogens (tertiary/aromatic N) is 2. The molecule has 5 heteroatoms. The number of nitriles is 1. The Morgan fingerprint density at radius 1 is 1.20 bits per heavy atom. The van der Waals surface area contributed by atoms with Gasteiger partial charge in [0.05, 0.1) is 11.6 Å². The quantitative estimate of drug-likeness (QED) is 0.736. The van der Waals surface area contributed by atoms with Gasteiger partial charge in [0.2, 0.25) is 5.89 Å². The van der Waals surface area contributed by atoms with E-state index in [4.69, 9.17) is 20.1 Å². The molecular formula is C15H11N3O2. The lowest BCUT2D eigenvalue weighted by Crippen LogP contribution is -1.95. The zero-order chi connectivity index (χ0) is 13.9. The SMILES string of the molecule is N#Cc1ccc(OCc2nc3ccc(N)cc3o2)cc1. The normalized spacial score (nSPS) is 10.3. The molecule has 0 aliphatic carbocycles. The van der Waals surface area contributed by atoms with Crippen LogP contribution in [0.3, 0.4) is 0 Å². The fraction of sp³-hybridized carbons (Fsp3) is 0.0667. The van der Waals surface area contributed by atoms with Crippen LogP contribution in [0.4, 0.5) is 5.69 Å². The predicted molar refractivity (Wildman–Crippen MR) is 73.9 cm³/mol. The molecule has 98 valence electrons. The highest BCUT2D eigenvalue weighted by molar-refractivity contribution is 5.76. The molecule has 2 N–H and O–H groups in total. The topological polar surface area (TPSA) is 85.1 Å². The summed E-state index contributed by atoms with van der Waals surface area (Å²) in [5, 5.41) is 8.71. The molecule has 3 aromatic rings.